The Morgan fingerprint density at radius 2 is 1.79 bits per heavy atom. The summed E-state index contributed by atoms with van der Waals surface area (Å²) < 4.78 is 28.0. The molecular weight excluding hydrogens is 398 g/mol. The van der Waals surface area contributed by atoms with Crippen LogP contribution in [0, 0.1) is 10.1 Å². The maximum absolute atomic E-state index is 12.6. The standard InChI is InChI=1S/C18H25N5O5S/c1-4-22(5-2)29(27,28)16-12-17(21(3)13-16)18(24)20-11-10-19-14-6-8-15(9-7-14)23(25)26/h6-9,12-13,19H,4-5,10-11H2,1-3H3,(H,20,24). The molecule has 1 amide bonds. The molecule has 0 bridgehead atoms. The Morgan fingerprint density at radius 1 is 1.17 bits per heavy atom. The maximum atomic E-state index is 12.6. The number of aromatic nitrogens is 1. The van der Waals surface area contributed by atoms with E-state index in [2.05, 4.69) is 10.6 Å². The third-order valence-corrected chi connectivity index (χ3v) is 6.39. The zero-order valence-electron chi connectivity index (χ0n) is 16.6. The number of anilines is 1. The predicted molar refractivity (Wildman–Crippen MR) is 109 cm³/mol. The van der Waals surface area contributed by atoms with Gasteiger partial charge in [0.05, 0.1) is 4.92 Å². The average Bonchev–Trinajstić information content (AvgIpc) is 3.09. The number of benzene rings is 1. The summed E-state index contributed by atoms with van der Waals surface area (Å²) in [6.45, 7) is 4.91. The highest BCUT2D eigenvalue weighted by Crippen LogP contribution is 2.18. The molecule has 29 heavy (non-hydrogen) atoms. The van der Waals surface area contributed by atoms with Crippen LogP contribution < -0.4 is 10.6 Å². The number of amides is 1. The van der Waals surface area contributed by atoms with Crippen LogP contribution in [0.2, 0.25) is 0 Å². The molecule has 0 aliphatic rings. The molecule has 11 heteroatoms. The Balaban J connectivity index is 1.94. The van der Waals surface area contributed by atoms with Crippen LogP contribution in [0.3, 0.4) is 0 Å². The van der Waals surface area contributed by atoms with Gasteiger partial charge in [-0.25, -0.2) is 8.42 Å². The largest absolute Gasteiger partial charge is 0.383 e. The summed E-state index contributed by atoms with van der Waals surface area (Å²) in [4.78, 5) is 22.7. The maximum Gasteiger partial charge on any atom is 0.269 e. The molecule has 0 aliphatic heterocycles. The zero-order valence-corrected chi connectivity index (χ0v) is 17.4. The molecule has 0 atom stereocenters. The van der Waals surface area contributed by atoms with Gasteiger partial charge in [-0.2, -0.15) is 4.31 Å². The lowest BCUT2D eigenvalue weighted by molar-refractivity contribution is -0.384. The van der Waals surface area contributed by atoms with Crippen molar-refractivity contribution in [2.24, 2.45) is 7.05 Å². The first-order valence-electron chi connectivity index (χ1n) is 9.13. The quantitative estimate of drug-likeness (QED) is 0.341. The number of aryl methyl sites for hydroxylation is 1. The van der Waals surface area contributed by atoms with Crippen molar-refractivity contribution in [3.8, 4) is 0 Å². The Kier molecular flexibility index (Phi) is 7.35. The second kappa shape index (κ2) is 9.52. The van der Waals surface area contributed by atoms with E-state index in [4.69, 9.17) is 0 Å². The van der Waals surface area contributed by atoms with Crippen molar-refractivity contribution in [2.75, 3.05) is 31.5 Å². The minimum absolute atomic E-state index is 0.00280. The van der Waals surface area contributed by atoms with Crippen LogP contribution in [0.15, 0.2) is 41.4 Å². The van der Waals surface area contributed by atoms with Gasteiger partial charge in [-0.15, -0.1) is 0 Å². The Hall–Kier alpha value is -2.92. The molecule has 1 aromatic carbocycles. The number of nitrogens with zero attached hydrogens (tertiary/aromatic N) is 3. The lowest BCUT2D eigenvalue weighted by Crippen LogP contribution is -2.30. The van der Waals surface area contributed by atoms with Crippen molar-refractivity contribution in [3.63, 3.8) is 0 Å². The molecular formula is C18H25N5O5S. The molecule has 0 spiro atoms. The summed E-state index contributed by atoms with van der Waals surface area (Å²) in [5, 5.41) is 16.4. The van der Waals surface area contributed by atoms with Crippen molar-refractivity contribution < 1.29 is 18.1 Å². The number of sulfonamides is 1. The van der Waals surface area contributed by atoms with E-state index in [9.17, 15) is 23.3 Å². The van der Waals surface area contributed by atoms with Crippen LogP contribution in [-0.2, 0) is 17.1 Å². The van der Waals surface area contributed by atoms with Crippen molar-refractivity contribution in [1.82, 2.24) is 14.2 Å². The van der Waals surface area contributed by atoms with Crippen LogP contribution >= 0.6 is 0 Å². The molecule has 0 fully saturated rings. The van der Waals surface area contributed by atoms with E-state index in [1.165, 1.54) is 33.3 Å². The third-order valence-electron chi connectivity index (χ3n) is 4.37. The van der Waals surface area contributed by atoms with Crippen LogP contribution in [-0.4, -0.2) is 54.3 Å². The van der Waals surface area contributed by atoms with Crippen molar-refractivity contribution in [1.29, 1.82) is 0 Å². The number of carbonyl (C=O) groups is 1. The number of nitro benzene ring substituents is 1. The molecule has 10 nitrogen and oxygen atoms in total. The number of nitro groups is 1. The number of non-ortho nitro benzene ring substituents is 1. The van der Waals surface area contributed by atoms with Gasteiger partial charge in [0.2, 0.25) is 10.0 Å². The van der Waals surface area contributed by atoms with Crippen molar-refractivity contribution >= 4 is 27.3 Å². The summed E-state index contributed by atoms with van der Waals surface area (Å²) >= 11 is 0. The summed E-state index contributed by atoms with van der Waals surface area (Å²) in [5.74, 6) is -0.390. The molecule has 1 aromatic heterocycles. The van der Waals surface area contributed by atoms with Gasteiger partial charge in [0, 0.05) is 57.2 Å². The second-order valence-electron chi connectivity index (χ2n) is 6.25. The van der Waals surface area contributed by atoms with Gasteiger partial charge in [-0.05, 0) is 18.2 Å². The fourth-order valence-corrected chi connectivity index (χ4v) is 4.32. The van der Waals surface area contributed by atoms with Crippen LogP contribution in [0.1, 0.15) is 24.3 Å². The van der Waals surface area contributed by atoms with Gasteiger partial charge in [0.15, 0.2) is 0 Å². The summed E-state index contributed by atoms with van der Waals surface area (Å²) in [5.41, 5.74) is 0.936. The molecule has 2 rings (SSSR count). The summed E-state index contributed by atoms with van der Waals surface area (Å²) in [6.07, 6.45) is 1.43. The minimum Gasteiger partial charge on any atom is -0.383 e. The van der Waals surface area contributed by atoms with Crippen LogP contribution in [0.25, 0.3) is 0 Å². The van der Waals surface area contributed by atoms with Crippen LogP contribution in [0.5, 0.6) is 0 Å². The topological polar surface area (TPSA) is 127 Å². The zero-order chi connectivity index (χ0) is 21.6. The van der Waals surface area contributed by atoms with Crippen LogP contribution in [0.4, 0.5) is 11.4 Å². The Morgan fingerprint density at radius 3 is 2.34 bits per heavy atom. The number of rotatable bonds is 10. The monoisotopic (exact) mass is 423 g/mol. The SMILES string of the molecule is CCN(CC)S(=O)(=O)c1cc(C(=O)NCCNc2ccc([N+](=O)[O-])cc2)n(C)c1. The smallest absolute Gasteiger partial charge is 0.269 e. The first-order valence-corrected chi connectivity index (χ1v) is 10.6. The molecule has 0 unspecified atom stereocenters. The van der Waals surface area contributed by atoms with Crippen molar-refractivity contribution in [3.05, 3.63) is 52.3 Å². The predicted octanol–water partition coefficient (Wildman–Crippen LogP) is 1.81. The summed E-state index contributed by atoms with van der Waals surface area (Å²) in [6, 6.07) is 7.32. The fourth-order valence-electron chi connectivity index (χ4n) is 2.79. The Bertz CT molecular complexity index is 965. The van der Waals surface area contributed by atoms with Crippen molar-refractivity contribution in [2.45, 2.75) is 18.7 Å². The lowest BCUT2D eigenvalue weighted by Gasteiger charge is -2.17. The van der Waals surface area contributed by atoms with Gasteiger partial charge in [0.25, 0.3) is 11.6 Å². The van der Waals surface area contributed by atoms with E-state index in [0.29, 0.717) is 31.9 Å². The highest BCUT2D eigenvalue weighted by Gasteiger charge is 2.25. The summed E-state index contributed by atoms with van der Waals surface area (Å²) in [7, 11) is -2.02. The molecule has 0 saturated heterocycles. The molecule has 2 N–H and O–H groups in total. The van der Waals surface area contributed by atoms with E-state index in [-0.39, 0.29) is 22.2 Å². The number of hydrogen-bond acceptors (Lipinski definition) is 6. The molecule has 0 saturated carbocycles. The third kappa shape index (κ3) is 5.33. The van der Waals surface area contributed by atoms with E-state index < -0.39 is 14.9 Å². The normalized spacial score (nSPS) is 11.4. The Labute approximate surface area is 169 Å². The van der Waals surface area contributed by atoms with Gasteiger partial charge in [-0.3, -0.25) is 14.9 Å². The van der Waals surface area contributed by atoms with Gasteiger partial charge in [-0.1, -0.05) is 13.8 Å². The molecule has 0 radical (unpaired) electrons. The van der Waals surface area contributed by atoms with E-state index >= 15 is 0 Å². The number of nitrogens with one attached hydrogen (secondary N) is 2. The second-order valence-corrected chi connectivity index (χ2v) is 8.19. The van der Waals surface area contributed by atoms with E-state index in [1.807, 2.05) is 0 Å². The van der Waals surface area contributed by atoms with Gasteiger partial charge in [0.1, 0.15) is 10.6 Å². The van der Waals surface area contributed by atoms with Gasteiger partial charge < -0.3 is 15.2 Å². The molecule has 2 aromatic rings. The first-order chi connectivity index (χ1) is 13.7. The lowest BCUT2D eigenvalue weighted by atomic mass is 10.3. The molecule has 158 valence electrons. The highest BCUT2D eigenvalue weighted by molar-refractivity contribution is 7.89. The molecule has 1 heterocycles. The average molecular weight is 423 g/mol. The first kappa shape index (κ1) is 22.4. The highest BCUT2D eigenvalue weighted by atomic mass is 32.2. The van der Waals surface area contributed by atoms with E-state index in [0.717, 1.165) is 0 Å². The number of carbonyl (C=O) groups excluding carboxylic acids is 1. The number of hydrogen-bond donors (Lipinski definition) is 2. The fraction of sp³-hybridized carbons (Fsp3) is 0.389. The van der Waals surface area contributed by atoms with E-state index in [1.54, 1.807) is 33.0 Å². The molecule has 0 aliphatic carbocycles. The van der Waals surface area contributed by atoms with Gasteiger partial charge >= 0.3 is 0 Å². The minimum atomic E-state index is -3.64.